The van der Waals surface area contributed by atoms with Gasteiger partial charge < -0.3 is 13.7 Å². The van der Waals surface area contributed by atoms with Crippen LogP contribution in [0.3, 0.4) is 0 Å². The Kier molecular flexibility index (Phi) is 7.41. The van der Waals surface area contributed by atoms with E-state index in [0.717, 1.165) is 72.4 Å². The largest absolute Gasteiger partial charge is 0.456 e. The monoisotopic (exact) mass is 811 g/mol. The zero-order valence-corrected chi connectivity index (χ0v) is 33.8. The molecule has 0 radical (unpaired) electrons. The Bertz CT molecular complexity index is 3930. The lowest BCUT2D eigenvalue weighted by Crippen LogP contribution is -2.09. The van der Waals surface area contributed by atoms with E-state index in [4.69, 9.17) is 14.3 Å². The fourth-order valence-electron chi connectivity index (χ4n) is 8.74. The van der Waals surface area contributed by atoms with Crippen LogP contribution in [0.1, 0.15) is 8.22 Å². The second kappa shape index (κ2) is 15.3. The van der Waals surface area contributed by atoms with Crippen molar-refractivity contribution in [1.29, 1.82) is 0 Å². The fraction of sp³-hybridized carbons (Fsp3) is 0. The summed E-state index contributed by atoms with van der Waals surface area (Å²) < 4.78 is 66.9. The average molecular weight is 812 g/mol. The Hall–Kier alpha value is -8.40. The van der Waals surface area contributed by atoms with Gasteiger partial charge >= 0.3 is 0 Å². The highest BCUT2D eigenvalue weighted by Crippen LogP contribution is 2.43. The van der Waals surface area contributed by atoms with Crippen LogP contribution in [0.15, 0.2) is 245 Å². The van der Waals surface area contributed by atoms with Crippen molar-refractivity contribution in [3.05, 3.63) is 236 Å². The van der Waals surface area contributed by atoms with Crippen molar-refractivity contribution in [1.82, 2.24) is 0 Å². The number of hydrogen-bond donors (Lipinski definition) is 0. The van der Waals surface area contributed by atoms with Crippen LogP contribution < -0.4 is 4.90 Å². The molecule has 0 spiro atoms. The third-order valence-electron chi connectivity index (χ3n) is 11.8. The van der Waals surface area contributed by atoms with Gasteiger partial charge in [0, 0.05) is 38.6 Å². The minimum Gasteiger partial charge on any atom is -0.456 e. The van der Waals surface area contributed by atoms with E-state index in [0.29, 0.717) is 22.1 Å². The van der Waals surface area contributed by atoms with Crippen LogP contribution >= 0.6 is 0 Å². The lowest BCUT2D eigenvalue weighted by atomic mass is 9.96. The first-order valence-electron chi connectivity index (χ1n) is 23.9. The minimum absolute atomic E-state index is 0.00709. The van der Waals surface area contributed by atoms with Gasteiger partial charge in [0.05, 0.1) is 8.22 Å². The second-order valence-electron chi connectivity index (χ2n) is 15.6. The molecular formula is C60H39NO2. The van der Waals surface area contributed by atoms with Crippen molar-refractivity contribution >= 4 is 60.9 Å². The molecule has 0 aliphatic rings. The van der Waals surface area contributed by atoms with E-state index >= 15 is 0 Å². The van der Waals surface area contributed by atoms with Crippen molar-refractivity contribution in [3.8, 4) is 55.6 Å². The molecule has 0 amide bonds. The number of benzene rings is 10. The van der Waals surface area contributed by atoms with Crippen LogP contribution in [0.4, 0.5) is 17.1 Å². The van der Waals surface area contributed by atoms with Crippen LogP contribution in [-0.2, 0) is 0 Å². The van der Waals surface area contributed by atoms with Gasteiger partial charge in [-0.1, -0.05) is 164 Å². The van der Waals surface area contributed by atoms with Crippen LogP contribution in [0, 0.1) is 0 Å². The molecule has 0 fully saturated rings. The molecule has 0 unspecified atom stereocenters. The first kappa shape index (κ1) is 30.6. The Morgan fingerprint density at radius 1 is 0.317 bits per heavy atom. The smallest absolute Gasteiger partial charge is 0.136 e. The first-order chi connectivity index (χ1) is 33.7. The molecule has 2 heterocycles. The predicted octanol–water partition coefficient (Wildman–Crippen LogP) is 17.3. The number of hydrogen-bond acceptors (Lipinski definition) is 3. The van der Waals surface area contributed by atoms with Crippen molar-refractivity contribution in [3.63, 3.8) is 0 Å². The number of rotatable bonds is 8. The third-order valence-corrected chi connectivity index (χ3v) is 11.8. The van der Waals surface area contributed by atoms with Gasteiger partial charge in [-0.05, 0) is 128 Å². The van der Waals surface area contributed by atoms with Gasteiger partial charge in [-0.15, -0.1) is 0 Å². The summed E-state index contributed by atoms with van der Waals surface area (Å²) in [6.07, 6.45) is 0. The number of fused-ring (bicyclic) bond motifs is 6. The standard InChI is InChI=1S/C60H39NO2/c1-4-12-40(13-5-1)43-22-30-48(31-23-43)61(49-32-24-44(25-33-49)51-18-10-20-57-59(51)53-38-46(28-36-55(53)62-57)41-14-6-2-7-15-41)50-34-26-45(27-35-50)52-19-11-21-58-60(52)54-39-47(29-37-56(54)63-58)42-16-8-3-9-17-42/h1-39H/i10D,18D,20D,28D,36D,38D. The van der Waals surface area contributed by atoms with E-state index in [1.54, 1.807) is 12.1 Å². The SMILES string of the molecule is [2H]c1c(-c2ccccc2)c([2H])c2c(oc3c([2H])c([2H])c([2H])c(-c4ccc(N(c5ccc(-c6ccccc6)cc5)c5ccc(-c6cccc7oc8ccc(-c9ccccc9)cc8c67)cc5)cc4)c32)c1[2H]. The molecule has 63 heavy (non-hydrogen) atoms. The number of anilines is 3. The molecule has 0 N–H and O–H groups in total. The van der Waals surface area contributed by atoms with Crippen molar-refractivity contribution in [2.24, 2.45) is 0 Å². The van der Waals surface area contributed by atoms with Crippen molar-refractivity contribution < 1.29 is 17.1 Å². The minimum atomic E-state index is -0.330. The van der Waals surface area contributed by atoms with Gasteiger partial charge in [0.25, 0.3) is 0 Å². The summed E-state index contributed by atoms with van der Waals surface area (Å²) in [7, 11) is 0. The normalized spacial score (nSPS) is 12.8. The van der Waals surface area contributed by atoms with E-state index in [-0.39, 0.29) is 58.4 Å². The zero-order chi connectivity index (χ0) is 46.9. The van der Waals surface area contributed by atoms with E-state index in [1.165, 1.54) is 0 Å². The lowest BCUT2D eigenvalue weighted by molar-refractivity contribution is 0.668. The van der Waals surface area contributed by atoms with Crippen LogP contribution in [-0.4, -0.2) is 0 Å². The molecule has 12 aromatic rings. The van der Waals surface area contributed by atoms with Gasteiger partial charge in [-0.2, -0.15) is 0 Å². The molecule has 3 nitrogen and oxygen atoms in total. The highest BCUT2D eigenvalue weighted by atomic mass is 16.3. The molecule has 296 valence electrons. The molecule has 10 aromatic carbocycles. The quantitative estimate of drug-likeness (QED) is 0.153. The van der Waals surface area contributed by atoms with E-state index < -0.39 is 0 Å². The maximum atomic E-state index is 9.45. The topological polar surface area (TPSA) is 29.5 Å². The van der Waals surface area contributed by atoms with Gasteiger partial charge in [0.2, 0.25) is 0 Å². The molecule has 0 aliphatic heterocycles. The molecule has 3 heteroatoms. The summed E-state index contributed by atoms with van der Waals surface area (Å²) in [6, 6.07) is 65.7. The van der Waals surface area contributed by atoms with E-state index in [1.807, 2.05) is 84.9 Å². The molecular weight excluding hydrogens is 767 g/mol. The van der Waals surface area contributed by atoms with Gasteiger partial charge in [0.1, 0.15) is 22.3 Å². The van der Waals surface area contributed by atoms with E-state index in [2.05, 4.69) is 108 Å². The van der Waals surface area contributed by atoms with Crippen LogP contribution in [0.2, 0.25) is 0 Å². The summed E-state index contributed by atoms with van der Waals surface area (Å²) in [4.78, 5) is 2.17. The summed E-state index contributed by atoms with van der Waals surface area (Å²) >= 11 is 0. The molecule has 0 saturated heterocycles. The zero-order valence-electron chi connectivity index (χ0n) is 39.8. The van der Waals surface area contributed by atoms with Crippen molar-refractivity contribution in [2.75, 3.05) is 4.90 Å². The Morgan fingerprint density at radius 2 is 0.825 bits per heavy atom. The first-order valence-corrected chi connectivity index (χ1v) is 20.9. The summed E-state index contributed by atoms with van der Waals surface area (Å²) in [5.74, 6) is 0. The maximum absolute atomic E-state index is 9.45. The molecule has 0 bridgehead atoms. The van der Waals surface area contributed by atoms with Crippen molar-refractivity contribution in [2.45, 2.75) is 0 Å². The number of nitrogens with zero attached hydrogens (tertiary/aromatic N) is 1. The van der Waals surface area contributed by atoms with Gasteiger partial charge in [-0.25, -0.2) is 0 Å². The van der Waals surface area contributed by atoms with Crippen LogP contribution in [0.25, 0.3) is 99.5 Å². The Balaban J connectivity index is 0.987. The average Bonchev–Trinajstić information content (AvgIpc) is 3.99. The molecule has 2 aromatic heterocycles. The molecule has 0 aliphatic carbocycles. The Morgan fingerprint density at radius 3 is 1.46 bits per heavy atom. The third kappa shape index (κ3) is 6.55. The van der Waals surface area contributed by atoms with E-state index in [9.17, 15) is 2.74 Å². The molecule has 0 atom stereocenters. The predicted molar refractivity (Wildman–Crippen MR) is 263 cm³/mol. The highest BCUT2D eigenvalue weighted by molar-refractivity contribution is 6.14. The summed E-state index contributed by atoms with van der Waals surface area (Å²) in [5.41, 5.74) is 12.6. The number of furan rings is 2. The molecule has 0 saturated carbocycles. The van der Waals surface area contributed by atoms with Gasteiger partial charge in [-0.3, -0.25) is 0 Å². The highest BCUT2D eigenvalue weighted by Gasteiger charge is 2.18. The Labute approximate surface area is 373 Å². The lowest BCUT2D eigenvalue weighted by Gasteiger charge is -2.26. The maximum Gasteiger partial charge on any atom is 0.136 e. The van der Waals surface area contributed by atoms with Gasteiger partial charge in [0.15, 0.2) is 0 Å². The fourth-order valence-corrected chi connectivity index (χ4v) is 8.74. The van der Waals surface area contributed by atoms with Crippen LogP contribution in [0.5, 0.6) is 0 Å². The summed E-state index contributed by atoms with van der Waals surface area (Å²) in [5, 5.41) is 2.65. The second-order valence-corrected chi connectivity index (χ2v) is 15.6. The molecule has 12 rings (SSSR count). The summed E-state index contributed by atoms with van der Waals surface area (Å²) in [6.45, 7) is 0.